The van der Waals surface area contributed by atoms with E-state index in [2.05, 4.69) is 25.8 Å². The fraction of sp³-hybridized carbons (Fsp3) is 0.217. The van der Waals surface area contributed by atoms with Crippen LogP contribution in [0.1, 0.15) is 26.4 Å². The molecule has 1 unspecified atom stereocenters. The van der Waals surface area contributed by atoms with Crippen molar-refractivity contribution in [1.82, 2.24) is 20.1 Å². The summed E-state index contributed by atoms with van der Waals surface area (Å²) in [7, 11) is 0. The summed E-state index contributed by atoms with van der Waals surface area (Å²) in [5, 5.41) is 13.0. The van der Waals surface area contributed by atoms with E-state index in [4.69, 9.17) is 0 Å². The molecule has 0 spiro atoms. The van der Waals surface area contributed by atoms with Gasteiger partial charge < -0.3 is 20.4 Å². The van der Waals surface area contributed by atoms with Gasteiger partial charge in [-0.15, -0.1) is 10.2 Å². The Kier molecular flexibility index (Phi) is 5.93. The number of nitrogens with zero attached hydrogens (tertiary/aromatic N) is 5. The first-order valence-electron chi connectivity index (χ1n) is 11.0. The predicted octanol–water partition coefficient (Wildman–Crippen LogP) is 2.56. The number of anilines is 3. The molecule has 5 rings (SSSR count). The molecule has 1 aromatic carbocycles. The van der Waals surface area contributed by atoms with E-state index in [1.54, 1.807) is 4.90 Å². The van der Waals surface area contributed by atoms with Crippen molar-refractivity contribution in [3.05, 3.63) is 71.3 Å². The van der Waals surface area contributed by atoms with Crippen LogP contribution in [-0.2, 0) is 11.0 Å². The third-order valence-electron chi connectivity index (χ3n) is 5.94. The molecule has 2 aliphatic rings. The summed E-state index contributed by atoms with van der Waals surface area (Å²) in [6.07, 6.45) is -3.78. The lowest BCUT2D eigenvalue weighted by Gasteiger charge is -2.44. The third kappa shape index (κ3) is 4.64. The molecule has 3 aromatic rings. The van der Waals surface area contributed by atoms with Gasteiger partial charge in [0.05, 0.1) is 29.6 Å². The summed E-state index contributed by atoms with van der Waals surface area (Å²) in [5.74, 6) is -2.28. The number of alkyl halides is 3. The number of halogens is 4. The number of amides is 3. The molecule has 3 amide bonds. The number of hydrogen-bond acceptors (Lipinski definition) is 7. The van der Waals surface area contributed by atoms with E-state index in [-0.39, 0.29) is 42.7 Å². The molecule has 2 aliphatic heterocycles. The minimum absolute atomic E-state index is 0.0361. The van der Waals surface area contributed by atoms with E-state index in [0.717, 1.165) is 24.4 Å². The molecule has 1 atom stereocenters. The Morgan fingerprint density at radius 3 is 2.59 bits per heavy atom. The van der Waals surface area contributed by atoms with Crippen molar-refractivity contribution in [2.45, 2.75) is 12.2 Å². The van der Waals surface area contributed by atoms with Crippen molar-refractivity contribution >= 4 is 35.0 Å². The number of carbonyl (C=O) groups excluding carboxylic acids is 3. The first-order valence-corrected chi connectivity index (χ1v) is 11.0. The molecule has 4 heterocycles. The quantitative estimate of drug-likeness (QED) is 0.515. The van der Waals surface area contributed by atoms with Gasteiger partial charge in [-0.2, -0.15) is 13.2 Å². The Morgan fingerprint density at radius 1 is 1.08 bits per heavy atom. The van der Waals surface area contributed by atoms with Crippen LogP contribution in [0.3, 0.4) is 0 Å². The minimum atomic E-state index is -4.71. The van der Waals surface area contributed by atoms with E-state index in [1.165, 1.54) is 29.2 Å². The van der Waals surface area contributed by atoms with Gasteiger partial charge in [0.25, 0.3) is 11.8 Å². The highest BCUT2D eigenvalue weighted by atomic mass is 19.4. The van der Waals surface area contributed by atoms with Crippen molar-refractivity contribution in [2.24, 2.45) is 0 Å². The largest absolute Gasteiger partial charge is 0.417 e. The molecule has 2 aromatic heterocycles. The van der Waals surface area contributed by atoms with Gasteiger partial charge in [-0.3, -0.25) is 14.4 Å². The van der Waals surface area contributed by atoms with Crippen molar-refractivity contribution in [3.63, 3.8) is 0 Å². The second-order valence-corrected chi connectivity index (χ2v) is 8.28. The molecule has 0 radical (unpaired) electrons. The fourth-order valence-electron chi connectivity index (χ4n) is 4.18. The number of benzene rings is 1. The number of hydrogen-bond donors (Lipinski definition) is 2. The van der Waals surface area contributed by atoms with Crippen LogP contribution in [-0.4, -0.2) is 63.5 Å². The van der Waals surface area contributed by atoms with Crippen LogP contribution in [0.25, 0.3) is 0 Å². The van der Waals surface area contributed by atoms with Crippen molar-refractivity contribution in [3.8, 4) is 0 Å². The average molecular weight is 515 g/mol. The molecule has 37 heavy (non-hydrogen) atoms. The molecule has 190 valence electrons. The van der Waals surface area contributed by atoms with Gasteiger partial charge in [-0.05, 0) is 30.3 Å². The summed E-state index contributed by atoms with van der Waals surface area (Å²) >= 11 is 0. The summed E-state index contributed by atoms with van der Waals surface area (Å²) in [4.78, 5) is 44.8. The van der Waals surface area contributed by atoms with E-state index >= 15 is 0 Å². The predicted molar refractivity (Wildman–Crippen MR) is 121 cm³/mol. The van der Waals surface area contributed by atoms with Gasteiger partial charge in [0.1, 0.15) is 17.7 Å². The summed E-state index contributed by atoms with van der Waals surface area (Å²) in [5.41, 5.74) is -1.48. The highest BCUT2D eigenvalue weighted by Crippen LogP contribution is 2.34. The van der Waals surface area contributed by atoms with Gasteiger partial charge in [-0.25, -0.2) is 9.37 Å². The maximum Gasteiger partial charge on any atom is 0.417 e. The Labute approximate surface area is 206 Å². The van der Waals surface area contributed by atoms with E-state index in [1.807, 2.05) is 0 Å². The van der Waals surface area contributed by atoms with Crippen molar-refractivity contribution in [2.75, 3.05) is 35.2 Å². The van der Waals surface area contributed by atoms with Crippen LogP contribution in [0, 0.1) is 5.82 Å². The first kappa shape index (κ1) is 24.1. The second-order valence-electron chi connectivity index (χ2n) is 8.28. The SMILES string of the molecule is O=C(Nc1ccc(F)cn1)c1cc2c(nn1)N1CCN(C(=O)c3ccccc3C(F)(F)F)CC1C(=O)N2. The second kappa shape index (κ2) is 9.11. The topological polar surface area (TPSA) is 120 Å². The molecule has 0 bridgehead atoms. The Hall–Kier alpha value is -4.62. The zero-order valence-corrected chi connectivity index (χ0v) is 18.8. The number of pyridine rings is 1. The minimum Gasteiger partial charge on any atom is -0.338 e. The van der Waals surface area contributed by atoms with E-state index in [0.29, 0.717) is 0 Å². The van der Waals surface area contributed by atoms with Crippen LogP contribution in [0.2, 0.25) is 0 Å². The third-order valence-corrected chi connectivity index (χ3v) is 5.94. The number of piperazine rings is 1. The van der Waals surface area contributed by atoms with Gasteiger partial charge in [0.15, 0.2) is 11.5 Å². The van der Waals surface area contributed by atoms with E-state index < -0.39 is 46.9 Å². The van der Waals surface area contributed by atoms with Crippen LogP contribution in [0.15, 0.2) is 48.7 Å². The van der Waals surface area contributed by atoms with Gasteiger partial charge in [0.2, 0.25) is 5.91 Å². The van der Waals surface area contributed by atoms with Crippen molar-refractivity contribution < 1.29 is 31.9 Å². The first-order chi connectivity index (χ1) is 17.6. The standard InChI is InChI=1S/C23H17F4N7O3/c24-12-5-6-18(28-10-12)30-20(35)16-9-15-19(32-31-16)34-8-7-33(11-17(34)21(36)29-15)22(37)13-3-1-2-4-14(13)23(25,26)27/h1-6,9-10,17H,7-8,11H2,(H,29,36)(H,28,30,35). The number of nitrogens with one attached hydrogen (secondary N) is 2. The molecular weight excluding hydrogens is 498 g/mol. The number of aromatic nitrogens is 3. The lowest BCUT2D eigenvalue weighted by molar-refractivity contribution is -0.138. The van der Waals surface area contributed by atoms with Crippen LogP contribution in [0.5, 0.6) is 0 Å². The molecule has 10 nitrogen and oxygen atoms in total. The smallest absolute Gasteiger partial charge is 0.338 e. The highest BCUT2D eigenvalue weighted by Gasteiger charge is 2.42. The highest BCUT2D eigenvalue weighted by molar-refractivity contribution is 6.07. The zero-order valence-electron chi connectivity index (χ0n) is 18.8. The number of fused-ring (bicyclic) bond motifs is 3. The molecular formula is C23H17F4N7O3. The Balaban J connectivity index is 1.34. The average Bonchev–Trinajstić information content (AvgIpc) is 2.88. The zero-order chi connectivity index (χ0) is 26.3. The molecule has 1 fully saturated rings. The molecule has 0 saturated carbocycles. The van der Waals surface area contributed by atoms with Crippen LogP contribution in [0.4, 0.5) is 34.9 Å². The maximum atomic E-state index is 13.4. The fourth-order valence-corrected chi connectivity index (χ4v) is 4.18. The molecule has 14 heteroatoms. The lowest BCUT2D eigenvalue weighted by Crippen LogP contribution is -2.61. The lowest BCUT2D eigenvalue weighted by atomic mass is 10.0. The monoisotopic (exact) mass is 515 g/mol. The van der Waals surface area contributed by atoms with Crippen LogP contribution < -0.4 is 15.5 Å². The van der Waals surface area contributed by atoms with Crippen LogP contribution >= 0.6 is 0 Å². The van der Waals surface area contributed by atoms with Gasteiger partial charge >= 0.3 is 6.18 Å². The molecule has 1 saturated heterocycles. The van der Waals surface area contributed by atoms with Gasteiger partial charge in [0, 0.05) is 13.1 Å². The Bertz CT molecular complexity index is 1400. The summed E-state index contributed by atoms with van der Waals surface area (Å²) < 4.78 is 53.2. The maximum absolute atomic E-state index is 13.4. The van der Waals surface area contributed by atoms with Gasteiger partial charge in [-0.1, -0.05) is 12.1 Å². The normalized spacial score (nSPS) is 17.0. The number of rotatable bonds is 3. The number of carbonyl (C=O) groups is 3. The summed E-state index contributed by atoms with van der Waals surface area (Å²) in [6.45, 7) is -0.0322. The molecule has 0 aliphatic carbocycles. The molecule has 2 N–H and O–H groups in total. The summed E-state index contributed by atoms with van der Waals surface area (Å²) in [6, 6.07) is 7.26. The Morgan fingerprint density at radius 2 is 1.86 bits per heavy atom. The van der Waals surface area contributed by atoms with E-state index in [9.17, 15) is 31.9 Å². The van der Waals surface area contributed by atoms with Crippen molar-refractivity contribution in [1.29, 1.82) is 0 Å².